The minimum Gasteiger partial charge on any atom is -0.505 e. The molecule has 54 heavy (non-hydrogen) atoms. The second-order valence-corrected chi connectivity index (χ2v) is 14.1. The molecule has 0 amide bonds. The van der Waals surface area contributed by atoms with Crippen LogP contribution in [-0.4, -0.2) is 49.1 Å². The van der Waals surface area contributed by atoms with Gasteiger partial charge in [0.2, 0.25) is 0 Å². The Kier molecular flexibility index (Phi) is 11.6. The van der Waals surface area contributed by atoms with Crippen molar-refractivity contribution in [1.29, 1.82) is 0 Å². The van der Waals surface area contributed by atoms with E-state index >= 15 is 0 Å². The van der Waals surface area contributed by atoms with Gasteiger partial charge in [-0.25, -0.2) is 23.5 Å². The van der Waals surface area contributed by atoms with E-state index in [1.54, 1.807) is 41.8 Å². The third-order valence-electron chi connectivity index (χ3n) is 7.44. The number of thiazole rings is 1. The van der Waals surface area contributed by atoms with Gasteiger partial charge >= 0.3 is 5.97 Å². The van der Waals surface area contributed by atoms with E-state index in [0.717, 1.165) is 11.3 Å². The summed E-state index contributed by atoms with van der Waals surface area (Å²) in [5, 5.41) is 56.3. The third kappa shape index (κ3) is 8.71. The number of nitrogens with zero attached hydrogens (tertiary/aromatic N) is 5. The molecule has 0 spiro atoms. The number of hydrogen-bond donors (Lipinski definition) is 5. The van der Waals surface area contributed by atoms with Gasteiger partial charge in [0, 0.05) is 40.5 Å². The Hall–Kier alpha value is -6.16. The first-order valence-electron chi connectivity index (χ1n) is 15.2. The molecule has 0 aliphatic heterocycles. The van der Waals surface area contributed by atoms with Crippen LogP contribution in [-0.2, 0) is 19.4 Å². The van der Waals surface area contributed by atoms with Crippen LogP contribution in [0.15, 0.2) is 127 Å². The zero-order chi connectivity index (χ0) is 38.2. The normalized spacial score (nSPS) is 11.7. The minimum absolute atomic E-state index is 0.0157. The highest BCUT2D eigenvalue weighted by Gasteiger charge is 2.18. The van der Waals surface area contributed by atoms with Crippen LogP contribution in [0, 0.1) is 0 Å². The summed E-state index contributed by atoms with van der Waals surface area (Å²) in [6.45, 7) is 0. The molecule has 0 saturated heterocycles. The van der Waals surface area contributed by atoms with Crippen molar-refractivity contribution in [2.45, 2.75) is 9.79 Å². The van der Waals surface area contributed by atoms with Crippen molar-refractivity contribution in [3.05, 3.63) is 102 Å². The van der Waals surface area contributed by atoms with Crippen molar-refractivity contribution >= 4 is 89.4 Å². The molecule has 0 radical (unpaired) electrons. The molecule has 1 heterocycles. The van der Waals surface area contributed by atoms with Gasteiger partial charge in [0.25, 0.3) is 10.0 Å². The first kappa shape index (κ1) is 37.6. The fourth-order valence-electron chi connectivity index (χ4n) is 4.87. The number of carboxylic acids is 1. The number of nitrogens with one attached hydrogen (secondary N) is 2. The lowest BCUT2D eigenvalue weighted by molar-refractivity contribution is -0.432. The van der Waals surface area contributed by atoms with Gasteiger partial charge in [-0.15, -0.1) is 31.0 Å². The number of aromatic carboxylic acids is 1. The van der Waals surface area contributed by atoms with E-state index in [4.69, 9.17) is 14.7 Å². The number of carboxylic acid groups (broad SMARTS) is 1. The quantitative estimate of drug-likeness (QED) is 0.0282. The van der Waals surface area contributed by atoms with Crippen molar-refractivity contribution in [3.63, 3.8) is 0 Å². The van der Waals surface area contributed by atoms with Gasteiger partial charge in [0.15, 0.2) is 10.9 Å². The summed E-state index contributed by atoms with van der Waals surface area (Å²) in [5.41, 5.74) is 2.10. The summed E-state index contributed by atoms with van der Waals surface area (Å²) in [6, 6.07) is 21.7. The molecule has 0 fully saturated rings. The zero-order valence-corrected chi connectivity index (χ0v) is 30.3. The lowest BCUT2D eigenvalue weighted by Gasteiger charge is -2.12. The maximum atomic E-state index is 12.7. The molecule has 276 valence electrons. The average molecular weight is 790 g/mol. The van der Waals surface area contributed by atoms with Crippen LogP contribution >= 0.6 is 23.4 Å². The largest absolute Gasteiger partial charge is 0.505 e. The second kappa shape index (κ2) is 16.7. The van der Waals surface area contributed by atoms with E-state index < -0.39 is 16.0 Å². The molecule has 0 aliphatic carbocycles. The molecule has 5 N–H and O–H groups in total. The summed E-state index contributed by atoms with van der Waals surface area (Å²) in [6.07, 6.45) is 1.49. The van der Waals surface area contributed by atoms with E-state index in [0.29, 0.717) is 39.9 Å². The average Bonchev–Trinajstić information content (AvgIpc) is 3.68. The molecule has 5 aromatic carbocycles. The smallest absolute Gasteiger partial charge is 0.335 e. The number of phenolic OH excluding ortho intramolecular Hbond substituents is 1. The van der Waals surface area contributed by atoms with E-state index in [1.807, 2.05) is 0 Å². The van der Waals surface area contributed by atoms with Crippen LogP contribution in [0.25, 0.3) is 10.8 Å². The van der Waals surface area contributed by atoms with Crippen molar-refractivity contribution in [2.24, 2.45) is 20.5 Å². The van der Waals surface area contributed by atoms with E-state index in [-0.39, 0.29) is 54.8 Å². The number of azo groups is 2. The summed E-state index contributed by atoms with van der Waals surface area (Å²) >= 11 is 1.73. The predicted octanol–water partition coefficient (Wildman–Crippen LogP) is 9.52. The Labute approximate surface area is 314 Å². The molecular formula is C34H27N7O10S3. The van der Waals surface area contributed by atoms with Crippen LogP contribution in [0.4, 0.5) is 39.3 Å². The number of aromatic hydroxyl groups is 1. The topological polar surface area (TPSA) is 235 Å². The monoisotopic (exact) mass is 789 g/mol. The van der Waals surface area contributed by atoms with E-state index in [1.165, 1.54) is 68.9 Å². The first-order valence-corrected chi connectivity index (χ1v) is 18.4. The third-order valence-corrected chi connectivity index (χ3v) is 10.2. The molecule has 6 aromatic rings. The van der Waals surface area contributed by atoms with Gasteiger partial charge < -0.3 is 25.0 Å². The summed E-state index contributed by atoms with van der Waals surface area (Å²) < 4.78 is 43.4. The number of methoxy groups -OCH3 is 2. The maximum absolute atomic E-state index is 12.7. The van der Waals surface area contributed by atoms with Gasteiger partial charge in [-0.1, -0.05) is 11.1 Å². The lowest BCUT2D eigenvalue weighted by Crippen LogP contribution is -2.12. The first-order chi connectivity index (χ1) is 26.1. The van der Waals surface area contributed by atoms with Gasteiger partial charge in [0.1, 0.15) is 28.6 Å². The number of hydrogen-bond acceptors (Lipinski definition) is 17. The number of benzene rings is 5. The van der Waals surface area contributed by atoms with Crippen molar-refractivity contribution in [3.8, 4) is 17.2 Å². The number of aromatic nitrogens is 1. The summed E-state index contributed by atoms with van der Waals surface area (Å²) in [5.74, 6) is -0.869. The number of rotatable bonds is 15. The van der Waals surface area contributed by atoms with Crippen molar-refractivity contribution in [2.75, 3.05) is 24.3 Å². The molecule has 0 bridgehead atoms. The van der Waals surface area contributed by atoms with Crippen molar-refractivity contribution in [1.82, 2.24) is 4.98 Å². The molecule has 6 rings (SSSR count). The Morgan fingerprint density at radius 2 is 1.52 bits per heavy atom. The number of ether oxygens (including phenoxy) is 2. The Bertz CT molecular complexity index is 2460. The Morgan fingerprint density at radius 3 is 2.13 bits per heavy atom. The second-order valence-electron chi connectivity index (χ2n) is 10.8. The maximum Gasteiger partial charge on any atom is 0.335 e. The SMILES string of the molecule is COc1cc(N=Nc2c(SOOO)cc3ccc(Nc4ccc(C(=O)O)cc4)cc3c2O)c(OC)cc1N=Nc1ccc(S(=O)(=O)Nc2nccs2)cc1. The Balaban J connectivity index is 1.27. The molecule has 0 saturated carbocycles. The number of phenols is 1. The molecule has 0 aliphatic rings. The van der Waals surface area contributed by atoms with Gasteiger partial charge in [0.05, 0.1) is 47.3 Å². The van der Waals surface area contributed by atoms with Crippen LogP contribution in [0.5, 0.6) is 17.2 Å². The number of carbonyl (C=O) groups is 1. The number of anilines is 3. The molecule has 0 atom stereocenters. The van der Waals surface area contributed by atoms with Gasteiger partial charge in [-0.2, -0.15) is 5.11 Å². The van der Waals surface area contributed by atoms with E-state index in [2.05, 4.69) is 44.9 Å². The number of fused-ring (bicyclic) bond motifs is 1. The fourth-order valence-corrected chi connectivity index (χ4v) is 7.15. The number of sulfonamides is 1. The molecule has 17 nitrogen and oxygen atoms in total. The van der Waals surface area contributed by atoms with E-state index in [9.17, 15) is 23.4 Å². The van der Waals surface area contributed by atoms with Crippen molar-refractivity contribution < 1.29 is 47.5 Å². The highest BCUT2D eigenvalue weighted by molar-refractivity contribution is 7.94. The van der Waals surface area contributed by atoms with Crippen LogP contribution in [0.3, 0.4) is 0 Å². The fraction of sp³-hybridized carbons (Fsp3) is 0.0588. The van der Waals surface area contributed by atoms with Gasteiger partial charge in [-0.05, 0) is 72.1 Å². The summed E-state index contributed by atoms with van der Waals surface area (Å²) in [7, 11) is -1.02. The standard InChI is InChI=1S/C34H27N7O10S3/c1-48-28-18-27(29(49-2)17-26(28)38-37-22-9-11-24(12-10-22)54(46,47)41-34-35-13-14-52-34)39-40-31-30(53-51-50-45)15-20-5-8-23(16-25(20)32(31)42)36-21-6-3-19(4-7-21)33(43)44/h3-18,36,42,45H,1-2H3,(H,35,41)(H,43,44). The molecular weight excluding hydrogens is 763 g/mol. The van der Waals surface area contributed by atoms with Crippen LogP contribution < -0.4 is 19.5 Å². The van der Waals surface area contributed by atoms with Crippen LogP contribution in [0.2, 0.25) is 0 Å². The summed E-state index contributed by atoms with van der Waals surface area (Å²) in [4.78, 5) is 15.4. The highest BCUT2D eigenvalue weighted by atomic mass is 32.2. The van der Waals surface area contributed by atoms with Gasteiger partial charge in [-0.3, -0.25) is 4.72 Å². The highest BCUT2D eigenvalue weighted by Crippen LogP contribution is 2.46. The zero-order valence-electron chi connectivity index (χ0n) is 27.9. The molecule has 1 aromatic heterocycles. The molecule has 0 unspecified atom stereocenters. The predicted molar refractivity (Wildman–Crippen MR) is 200 cm³/mol. The van der Waals surface area contributed by atoms with Crippen LogP contribution in [0.1, 0.15) is 10.4 Å². The Morgan fingerprint density at radius 1 is 0.852 bits per heavy atom. The molecule has 20 heteroatoms. The lowest BCUT2D eigenvalue weighted by atomic mass is 10.1. The minimum atomic E-state index is -3.85.